The summed E-state index contributed by atoms with van der Waals surface area (Å²) in [6.07, 6.45) is 0.193. The van der Waals surface area contributed by atoms with Crippen LogP contribution in [0.2, 0.25) is 0 Å². The van der Waals surface area contributed by atoms with Gasteiger partial charge in [-0.1, -0.05) is 18.2 Å². The van der Waals surface area contributed by atoms with Crippen molar-refractivity contribution in [2.45, 2.75) is 13.0 Å². The minimum atomic E-state index is -1.13. The molecule has 3 N–H and O–H groups in total. The molecule has 8 nitrogen and oxygen atoms in total. The van der Waals surface area contributed by atoms with Gasteiger partial charge in [0.15, 0.2) is 17.6 Å². The molecule has 0 aliphatic heterocycles. The number of carboxylic acid groups (broad SMARTS) is 1. The van der Waals surface area contributed by atoms with Crippen molar-refractivity contribution in [1.82, 2.24) is 5.43 Å². The van der Waals surface area contributed by atoms with E-state index in [0.29, 0.717) is 11.3 Å². The monoisotopic (exact) mass is 358 g/mol. The third-order valence-corrected chi connectivity index (χ3v) is 3.39. The molecule has 2 rings (SSSR count). The second kappa shape index (κ2) is 8.52. The normalized spacial score (nSPS) is 11.8. The first-order chi connectivity index (χ1) is 12.4. The van der Waals surface area contributed by atoms with Gasteiger partial charge in [0.2, 0.25) is 0 Å². The fraction of sp³-hybridized carbons (Fsp3) is 0.167. The van der Waals surface area contributed by atoms with Crippen molar-refractivity contribution >= 4 is 18.1 Å². The number of rotatable bonds is 7. The molecule has 0 spiro atoms. The minimum absolute atomic E-state index is 0.0752. The first-order valence-electron chi connectivity index (χ1n) is 7.62. The van der Waals surface area contributed by atoms with E-state index in [1.165, 1.54) is 32.4 Å². The lowest BCUT2D eigenvalue weighted by atomic mass is 10.2. The average Bonchev–Trinajstić information content (AvgIpc) is 2.62. The maximum Gasteiger partial charge on any atom is 0.344 e. The van der Waals surface area contributed by atoms with Crippen LogP contribution in [0.25, 0.3) is 0 Å². The largest absolute Gasteiger partial charge is 0.507 e. The Bertz CT molecular complexity index is 834. The third kappa shape index (κ3) is 4.50. The second-order valence-corrected chi connectivity index (χ2v) is 5.19. The van der Waals surface area contributed by atoms with Crippen molar-refractivity contribution in [3.63, 3.8) is 0 Å². The quantitative estimate of drug-likeness (QED) is 0.515. The smallest absolute Gasteiger partial charge is 0.344 e. The number of hydrogen-bond acceptors (Lipinski definition) is 6. The highest BCUT2D eigenvalue weighted by molar-refractivity contribution is 5.97. The Labute approximate surface area is 149 Å². The maximum atomic E-state index is 12.0. The lowest BCUT2D eigenvalue weighted by Gasteiger charge is -2.15. The number of aliphatic carboxylic acids is 1. The van der Waals surface area contributed by atoms with E-state index >= 15 is 0 Å². The number of amides is 1. The van der Waals surface area contributed by atoms with Crippen molar-refractivity contribution in [2.75, 3.05) is 7.11 Å². The van der Waals surface area contributed by atoms with Crippen LogP contribution in [0, 0.1) is 0 Å². The fourth-order valence-corrected chi connectivity index (χ4v) is 2.03. The van der Waals surface area contributed by atoms with E-state index in [1.807, 2.05) is 0 Å². The van der Waals surface area contributed by atoms with Crippen molar-refractivity contribution in [3.05, 3.63) is 53.6 Å². The number of carbonyl (C=O) groups is 2. The van der Waals surface area contributed by atoms with Gasteiger partial charge in [-0.3, -0.25) is 4.79 Å². The maximum absolute atomic E-state index is 12.0. The summed E-state index contributed by atoms with van der Waals surface area (Å²) in [5, 5.41) is 22.5. The molecular formula is C18H18N2O6. The van der Waals surface area contributed by atoms with Gasteiger partial charge in [-0.15, -0.1) is 0 Å². The third-order valence-electron chi connectivity index (χ3n) is 3.39. The summed E-state index contributed by atoms with van der Waals surface area (Å²) >= 11 is 0. The van der Waals surface area contributed by atoms with E-state index in [4.69, 9.17) is 14.6 Å². The molecule has 0 aliphatic rings. The highest BCUT2D eigenvalue weighted by Gasteiger charge is 2.18. The summed E-state index contributed by atoms with van der Waals surface area (Å²) in [5.74, 6) is -1.38. The Kier molecular flexibility index (Phi) is 6.15. The number of aromatic hydroxyl groups is 1. The number of benzene rings is 2. The van der Waals surface area contributed by atoms with Gasteiger partial charge in [0, 0.05) is 5.56 Å². The van der Waals surface area contributed by atoms with Gasteiger partial charge in [-0.25, -0.2) is 10.2 Å². The molecule has 0 aromatic heterocycles. The lowest BCUT2D eigenvalue weighted by molar-refractivity contribution is -0.144. The number of para-hydroxylation sites is 2. The molecule has 2 aromatic carbocycles. The number of hydrogen-bond donors (Lipinski definition) is 3. The van der Waals surface area contributed by atoms with E-state index in [2.05, 4.69) is 10.5 Å². The van der Waals surface area contributed by atoms with Crippen LogP contribution in [0.15, 0.2) is 47.6 Å². The van der Waals surface area contributed by atoms with E-state index in [-0.39, 0.29) is 17.1 Å². The van der Waals surface area contributed by atoms with Crippen molar-refractivity contribution in [2.24, 2.45) is 5.10 Å². The molecule has 0 bridgehead atoms. The van der Waals surface area contributed by atoms with E-state index in [9.17, 15) is 14.7 Å². The molecule has 0 saturated heterocycles. The summed E-state index contributed by atoms with van der Waals surface area (Å²) in [4.78, 5) is 23.0. The van der Waals surface area contributed by atoms with E-state index in [1.54, 1.807) is 30.3 Å². The van der Waals surface area contributed by atoms with Crippen LogP contribution in [0.1, 0.15) is 22.8 Å². The van der Waals surface area contributed by atoms with E-state index < -0.39 is 18.0 Å². The molecule has 0 unspecified atom stereocenters. The molecule has 0 heterocycles. The van der Waals surface area contributed by atoms with Crippen LogP contribution in [0.5, 0.6) is 17.2 Å². The van der Waals surface area contributed by atoms with Crippen LogP contribution in [0.3, 0.4) is 0 Å². The molecule has 2 aromatic rings. The Morgan fingerprint density at radius 1 is 1.19 bits per heavy atom. The van der Waals surface area contributed by atoms with Crippen LogP contribution in [-0.4, -0.2) is 41.5 Å². The molecule has 26 heavy (non-hydrogen) atoms. The van der Waals surface area contributed by atoms with Crippen molar-refractivity contribution in [1.29, 1.82) is 0 Å². The number of carbonyl (C=O) groups excluding carboxylic acids is 1. The first-order valence-corrected chi connectivity index (χ1v) is 7.62. The van der Waals surface area contributed by atoms with Crippen molar-refractivity contribution in [3.8, 4) is 17.2 Å². The Hall–Kier alpha value is -3.55. The highest BCUT2D eigenvalue weighted by Crippen LogP contribution is 2.31. The highest BCUT2D eigenvalue weighted by atomic mass is 16.5. The summed E-state index contributed by atoms with van der Waals surface area (Å²) in [6.45, 7) is 1.38. The molecule has 1 atom stereocenters. The number of carboxylic acids is 1. The standard InChI is InChI=1S/C18H18N2O6/c1-11(18(23)24)26-16-12(6-5-9-15(16)25-2)10-19-20-17(22)13-7-3-4-8-14(13)21/h3-11,21H,1-2H3,(H,20,22)(H,23,24)/b19-10+/t11-/m0/s1. The molecule has 136 valence electrons. The molecular weight excluding hydrogens is 340 g/mol. The first kappa shape index (κ1) is 18.8. The van der Waals surface area contributed by atoms with Crippen LogP contribution in [0.4, 0.5) is 0 Å². The number of phenols is 1. The number of ether oxygens (including phenoxy) is 2. The van der Waals surface area contributed by atoms with Crippen LogP contribution >= 0.6 is 0 Å². The molecule has 8 heteroatoms. The van der Waals surface area contributed by atoms with Gasteiger partial charge in [0.05, 0.1) is 18.9 Å². The second-order valence-electron chi connectivity index (χ2n) is 5.19. The molecule has 0 fully saturated rings. The SMILES string of the molecule is COc1cccc(/C=N/NC(=O)c2ccccc2O)c1O[C@@H](C)C(=O)O. The summed E-state index contributed by atoms with van der Waals surface area (Å²) < 4.78 is 10.6. The van der Waals surface area contributed by atoms with Gasteiger partial charge in [0.1, 0.15) is 5.75 Å². The predicted molar refractivity (Wildman–Crippen MR) is 93.9 cm³/mol. The summed E-state index contributed by atoms with van der Waals surface area (Å²) in [7, 11) is 1.43. The number of hydrazone groups is 1. The number of phenolic OH excluding ortho intramolecular Hbond substituents is 1. The average molecular weight is 358 g/mol. The van der Waals surface area contributed by atoms with Crippen molar-refractivity contribution < 1.29 is 29.3 Å². The molecule has 0 radical (unpaired) electrons. The minimum Gasteiger partial charge on any atom is -0.507 e. The van der Waals surface area contributed by atoms with Gasteiger partial charge in [-0.2, -0.15) is 5.10 Å². The Morgan fingerprint density at radius 2 is 1.92 bits per heavy atom. The molecule has 0 saturated carbocycles. The van der Waals surface area contributed by atoms with E-state index in [0.717, 1.165) is 0 Å². The predicted octanol–water partition coefficient (Wildman–Crippen LogP) is 2.02. The van der Waals surface area contributed by atoms with Gasteiger partial charge in [0.25, 0.3) is 5.91 Å². The fourth-order valence-electron chi connectivity index (χ4n) is 2.03. The van der Waals surface area contributed by atoms with Crippen LogP contribution < -0.4 is 14.9 Å². The zero-order valence-electron chi connectivity index (χ0n) is 14.2. The zero-order chi connectivity index (χ0) is 19.1. The Balaban J connectivity index is 2.20. The van der Waals surface area contributed by atoms with Crippen LogP contribution in [-0.2, 0) is 4.79 Å². The summed E-state index contributed by atoms with van der Waals surface area (Å²) in [5.41, 5.74) is 2.77. The lowest BCUT2D eigenvalue weighted by Crippen LogP contribution is -2.24. The topological polar surface area (TPSA) is 117 Å². The molecule has 1 amide bonds. The number of nitrogens with zero attached hydrogens (tertiary/aromatic N) is 1. The van der Waals surface area contributed by atoms with Gasteiger partial charge in [-0.05, 0) is 31.2 Å². The zero-order valence-corrected chi connectivity index (χ0v) is 14.2. The molecule has 0 aliphatic carbocycles. The van der Waals surface area contributed by atoms with Gasteiger partial charge >= 0.3 is 5.97 Å². The number of methoxy groups -OCH3 is 1. The van der Waals surface area contributed by atoms with Gasteiger partial charge < -0.3 is 19.7 Å². The Morgan fingerprint density at radius 3 is 2.58 bits per heavy atom. The summed E-state index contributed by atoms with van der Waals surface area (Å²) in [6, 6.07) is 11.0. The number of nitrogens with one attached hydrogen (secondary N) is 1.